The lowest BCUT2D eigenvalue weighted by Gasteiger charge is -2.15. The van der Waals surface area contributed by atoms with Crippen LogP contribution in [-0.4, -0.2) is 28.8 Å². The Morgan fingerprint density at radius 3 is 2.82 bits per heavy atom. The SMILES string of the molecule is COC(C)Cn1c(C)ccc(/C(N)=N/O)c1=O. The fourth-order valence-electron chi connectivity index (χ4n) is 1.48. The Hall–Kier alpha value is -1.82. The van der Waals surface area contributed by atoms with Crippen LogP contribution < -0.4 is 11.3 Å². The molecule has 0 amide bonds. The lowest BCUT2D eigenvalue weighted by Crippen LogP contribution is -2.33. The summed E-state index contributed by atoms with van der Waals surface area (Å²) >= 11 is 0. The molecule has 1 aromatic heterocycles. The van der Waals surface area contributed by atoms with Crippen LogP contribution in [0.2, 0.25) is 0 Å². The summed E-state index contributed by atoms with van der Waals surface area (Å²) in [6, 6.07) is 3.29. The number of hydrogen-bond donors (Lipinski definition) is 2. The Balaban J connectivity index is 3.25. The molecule has 0 aliphatic rings. The zero-order valence-electron chi connectivity index (χ0n) is 10.2. The van der Waals surface area contributed by atoms with Crippen molar-refractivity contribution in [2.45, 2.75) is 26.5 Å². The van der Waals surface area contributed by atoms with Crippen molar-refractivity contribution in [3.63, 3.8) is 0 Å². The van der Waals surface area contributed by atoms with Crippen LogP contribution >= 0.6 is 0 Å². The summed E-state index contributed by atoms with van der Waals surface area (Å²) in [5.41, 5.74) is 6.13. The first-order valence-corrected chi connectivity index (χ1v) is 5.22. The van der Waals surface area contributed by atoms with E-state index in [2.05, 4.69) is 5.16 Å². The van der Waals surface area contributed by atoms with Gasteiger partial charge in [-0.2, -0.15) is 0 Å². The van der Waals surface area contributed by atoms with E-state index in [-0.39, 0.29) is 23.1 Å². The minimum absolute atomic E-state index is 0.0889. The molecule has 94 valence electrons. The largest absolute Gasteiger partial charge is 0.409 e. The maximum atomic E-state index is 12.1. The Morgan fingerprint density at radius 2 is 2.29 bits per heavy atom. The van der Waals surface area contributed by atoms with E-state index >= 15 is 0 Å². The van der Waals surface area contributed by atoms with Gasteiger partial charge in [0.25, 0.3) is 5.56 Å². The third-order valence-electron chi connectivity index (χ3n) is 2.62. The van der Waals surface area contributed by atoms with E-state index in [1.54, 1.807) is 23.8 Å². The minimum atomic E-state index is -0.288. The zero-order valence-corrected chi connectivity index (χ0v) is 10.2. The van der Waals surface area contributed by atoms with Gasteiger partial charge in [0, 0.05) is 12.8 Å². The lowest BCUT2D eigenvalue weighted by molar-refractivity contribution is 0.102. The van der Waals surface area contributed by atoms with Crippen molar-refractivity contribution in [3.8, 4) is 0 Å². The second-order valence-corrected chi connectivity index (χ2v) is 3.84. The molecule has 0 saturated heterocycles. The van der Waals surface area contributed by atoms with Crippen molar-refractivity contribution in [2.24, 2.45) is 10.9 Å². The van der Waals surface area contributed by atoms with Crippen molar-refractivity contribution in [1.29, 1.82) is 0 Å². The summed E-state index contributed by atoms with van der Waals surface area (Å²) in [7, 11) is 1.58. The van der Waals surface area contributed by atoms with Gasteiger partial charge in [0.15, 0.2) is 5.84 Å². The van der Waals surface area contributed by atoms with Gasteiger partial charge in [-0.25, -0.2) is 0 Å². The van der Waals surface area contributed by atoms with Gasteiger partial charge in [-0.1, -0.05) is 5.16 Å². The van der Waals surface area contributed by atoms with Crippen molar-refractivity contribution >= 4 is 5.84 Å². The van der Waals surface area contributed by atoms with E-state index in [4.69, 9.17) is 15.7 Å². The highest BCUT2D eigenvalue weighted by Gasteiger charge is 2.11. The number of amidine groups is 1. The molecule has 1 rings (SSSR count). The van der Waals surface area contributed by atoms with E-state index < -0.39 is 0 Å². The Kier molecular flexibility index (Phi) is 4.28. The molecule has 6 nitrogen and oxygen atoms in total. The van der Waals surface area contributed by atoms with Crippen LogP contribution in [0.5, 0.6) is 0 Å². The van der Waals surface area contributed by atoms with E-state index in [9.17, 15) is 4.79 Å². The monoisotopic (exact) mass is 239 g/mol. The van der Waals surface area contributed by atoms with Crippen molar-refractivity contribution in [2.75, 3.05) is 7.11 Å². The standard InChI is InChI=1S/C11H17N3O3/c1-7-4-5-9(10(12)13-16)11(15)14(7)6-8(2)17-3/h4-5,8,16H,6H2,1-3H3,(H2,12,13). The lowest BCUT2D eigenvalue weighted by atomic mass is 10.2. The molecule has 0 aliphatic heterocycles. The highest BCUT2D eigenvalue weighted by molar-refractivity contribution is 5.96. The molecule has 3 N–H and O–H groups in total. The van der Waals surface area contributed by atoms with Gasteiger partial charge in [0.1, 0.15) is 0 Å². The molecule has 0 aromatic carbocycles. The second-order valence-electron chi connectivity index (χ2n) is 3.84. The molecule has 0 aliphatic carbocycles. The topological polar surface area (TPSA) is 89.8 Å². The van der Waals surface area contributed by atoms with E-state index in [1.165, 1.54) is 0 Å². The average molecular weight is 239 g/mol. The molecular weight excluding hydrogens is 222 g/mol. The minimum Gasteiger partial charge on any atom is -0.409 e. The van der Waals surface area contributed by atoms with Gasteiger partial charge in [-0.05, 0) is 26.0 Å². The summed E-state index contributed by atoms with van der Waals surface area (Å²) in [4.78, 5) is 12.1. The number of aryl methyl sites for hydroxylation is 1. The summed E-state index contributed by atoms with van der Waals surface area (Å²) in [5.74, 6) is -0.186. The predicted octanol–water partition coefficient (Wildman–Crippen LogP) is 0.286. The second kappa shape index (κ2) is 5.49. The van der Waals surface area contributed by atoms with Gasteiger partial charge >= 0.3 is 0 Å². The van der Waals surface area contributed by atoms with Gasteiger partial charge in [0.2, 0.25) is 0 Å². The maximum Gasteiger partial charge on any atom is 0.261 e. The molecule has 1 unspecified atom stereocenters. The molecule has 6 heteroatoms. The third-order valence-corrected chi connectivity index (χ3v) is 2.62. The highest BCUT2D eigenvalue weighted by Crippen LogP contribution is 2.01. The summed E-state index contributed by atoms with van der Waals surface area (Å²) < 4.78 is 6.66. The van der Waals surface area contributed by atoms with Crippen LogP contribution in [0.1, 0.15) is 18.2 Å². The number of nitrogens with two attached hydrogens (primary N) is 1. The number of methoxy groups -OCH3 is 1. The molecule has 0 bridgehead atoms. The van der Waals surface area contributed by atoms with E-state index in [1.807, 2.05) is 13.8 Å². The number of aromatic nitrogens is 1. The van der Waals surface area contributed by atoms with E-state index in [0.717, 1.165) is 5.69 Å². The zero-order chi connectivity index (χ0) is 13.0. The number of nitrogens with zero attached hydrogens (tertiary/aromatic N) is 2. The molecule has 0 saturated carbocycles. The number of pyridine rings is 1. The highest BCUT2D eigenvalue weighted by atomic mass is 16.5. The number of ether oxygens (including phenoxy) is 1. The number of oxime groups is 1. The molecule has 0 radical (unpaired) electrons. The molecule has 17 heavy (non-hydrogen) atoms. The van der Waals surface area contributed by atoms with Gasteiger partial charge in [0.05, 0.1) is 18.2 Å². The van der Waals surface area contributed by atoms with E-state index in [0.29, 0.717) is 6.54 Å². The fraction of sp³-hybridized carbons (Fsp3) is 0.455. The molecule has 1 heterocycles. The summed E-state index contributed by atoms with van der Waals surface area (Å²) in [6.45, 7) is 4.11. The van der Waals surface area contributed by atoms with Crippen molar-refractivity contribution in [3.05, 3.63) is 33.7 Å². The smallest absolute Gasteiger partial charge is 0.261 e. The molecule has 0 fully saturated rings. The van der Waals surface area contributed by atoms with Gasteiger partial charge in [-0.3, -0.25) is 4.79 Å². The van der Waals surface area contributed by atoms with Crippen LogP contribution in [0.3, 0.4) is 0 Å². The summed E-state index contributed by atoms with van der Waals surface area (Å²) in [5, 5.41) is 11.4. The maximum absolute atomic E-state index is 12.1. The van der Waals surface area contributed by atoms with Crippen LogP contribution in [-0.2, 0) is 11.3 Å². The van der Waals surface area contributed by atoms with Crippen LogP contribution in [0.25, 0.3) is 0 Å². The molecular formula is C11H17N3O3. The van der Waals surface area contributed by atoms with Gasteiger partial charge in [-0.15, -0.1) is 0 Å². The van der Waals surface area contributed by atoms with Crippen LogP contribution in [0, 0.1) is 6.92 Å². The first kappa shape index (κ1) is 13.2. The third kappa shape index (κ3) is 2.85. The Bertz CT molecular complexity index is 479. The van der Waals surface area contributed by atoms with Crippen LogP contribution in [0.15, 0.2) is 22.1 Å². The molecule has 1 aromatic rings. The first-order chi connectivity index (χ1) is 8.01. The molecule has 0 spiro atoms. The summed E-state index contributed by atoms with van der Waals surface area (Å²) in [6.07, 6.45) is -0.0889. The Labute approximate surface area is 99.3 Å². The van der Waals surface area contributed by atoms with Crippen molar-refractivity contribution < 1.29 is 9.94 Å². The van der Waals surface area contributed by atoms with Crippen molar-refractivity contribution in [1.82, 2.24) is 4.57 Å². The first-order valence-electron chi connectivity index (χ1n) is 5.22. The number of rotatable bonds is 4. The average Bonchev–Trinajstić information content (AvgIpc) is 2.33. The predicted molar refractivity (Wildman–Crippen MR) is 64.4 cm³/mol. The van der Waals surface area contributed by atoms with Crippen LogP contribution in [0.4, 0.5) is 0 Å². The quantitative estimate of drug-likeness (QED) is 0.342. The normalized spacial score (nSPS) is 13.7. The molecule has 1 atom stereocenters. The number of hydrogen-bond acceptors (Lipinski definition) is 4. The Morgan fingerprint density at radius 1 is 1.65 bits per heavy atom. The van der Waals surface area contributed by atoms with Gasteiger partial charge < -0.3 is 20.2 Å². The fourth-order valence-corrected chi connectivity index (χ4v) is 1.48.